The molecular weight excluding hydrogens is 214 g/mol. The molecule has 2 aliphatic heterocycles. The largest absolute Gasteiger partial charge is 0.295 e. The molecule has 3 rings (SSSR count). The number of para-hydroxylation sites is 1. The Morgan fingerprint density at radius 2 is 2.07 bits per heavy atom. The van der Waals surface area contributed by atoms with Crippen LogP contribution >= 0.6 is 0 Å². The van der Waals surface area contributed by atoms with Gasteiger partial charge in [-0.1, -0.05) is 12.1 Å². The summed E-state index contributed by atoms with van der Waals surface area (Å²) in [7, 11) is -3.44. The van der Waals surface area contributed by atoms with E-state index in [4.69, 9.17) is 0 Å². The standard InChI is InChI=1S/C9H7N3O2S/c13-15(14)8-4-2-1-3-7(8)12-6-10-5-9(12)11-15/h1-6,11H/q+1. The van der Waals surface area contributed by atoms with Crippen LogP contribution in [-0.4, -0.2) is 14.8 Å². The zero-order chi connectivity index (χ0) is 10.5. The lowest BCUT2D eigenvalue weighted by Crippen LogP contribution is -2.39. The maximum absolute atomic E-state index is 11.8. The number of benzene rings is 1. The Kier molecular flexibility index (Phi) is 1.54. The Morgan fingerprint density at radius 1 is 1.27 bits per heavy atom. The Morgan fingerprint density at radius 3 is 2.93 bits per heavy atom. The molecule has 0 saturated carbocycles. The predicted molar refractivity (Wildman–Crippen MR) is 55.1 cm³/mol. The highest BCUT2D eigenvalue weighted by atomic mass is 32.2. The van der Waals surface area contributed by atoms with Crippen LogP contribution in [0.15, 0.2) is 46.2 Å². The molecule has 0 fully saturated rings. The van der Waals surface area contributed by atoms with Gasteiger partial charge in [0, 0.05) is 6.07 Å². The molecule has 5 nitrogen and oxygen atoms in total. The molecule has 2 aliphatic rings. The summed E-state index contributed by atoms with van der Waals surface area (Å²) in [6.07, 6.45) is 3.06. The fraction of sp³-hybridized carbons (Fsp3) is 0. The second-order valence-corrected chi connectivity index (χ2v) is 4.87. The average Bonchev–Trinajstić information content (AvgIpc) is 2.65. The van der Waals surface area contributed by atoms with E-state index in [1.165, 1.54) is 6.20 Å². The van der Waals surface area contributed by atoms with Crippen LogP contribution in [0.25, 0.3) is 0 Å². The molecule has 0 bridgehead atoms. The Hall–Kier alpha value is -1.66. The summed E-state index contributed by atoms with van der Waals surface area (Å²) < 4.78 is 26.0. The minimum Gasteiger partial charge on any atom is -0.227 e. The zero-order valence-corrected chi connectivity index (χ0v) is 8.40. The highest BCUT2D eigenvalue weighted by Crippen LogP contribution is 2.31. The van der Waals surface area contributed by atoms with Crippen molar-refractivity contribution in [3.05, 3.63) is 36.3 Å². The number of sulfonamides is 1. The second-order valence-electron chi connectivity index (χ2n) is 3.22. The van der Waals surface area contributed by atoms with Crippen LogP contribution in [0.2, 0.25) is 0 Å². The van der Waals surface area contributed by atoms with Gasteiger partial charge in [-0.2, -0.15) is 4.99 Å². The van der Waals surface area contributed by atoms with Crippen LogP contribution < -0.4 is 9.62 Å². The number of rotatable bonds is 0. The Bertz CT molecular complexity index is 589. The summed E-state index contributed by atoms with van der Waals surface area (Å²) in [4.78, 5) is 5.88. The first-order valence-electron chi connectivity index (χ1n) is 4.33. The van der Waals surface area contributed by atoms with E-state index in [1.54, 1.807) is 35.5 Å². The Balaban J connectivity index is 2.33. The van der Waals surface area contributed by atoms with Gasteiger partial charge in [-0.05, 0) is 11.0 Å². The molecule has 0 saturated heterocycles. The normalized spacial score (nSPS) is 21.5. The summed E-state index contributed by atoms with van der Waals surface area (Å²) in [5.74, 6) is 0.466. The van der Waals surface area contributed by atoms with Crippen LogP contribution in [0.1, 0.15) is 0 Å². The second kappa shape index (κ2) is 2.68. The third-order valence-electron chi connectivity index (χ3n) is 2.29. The topological polar surface area (TPSA) is 64.4 Å². The molecule has 0 atom stereocenters. The van der Waals surface area contributed by atoms with E-state index < -0.39 is 10.0 Å². The minimum absolute atomic E-state index is 0.274. The first kappa shape index (κ1) is 8.63. The molecule has 0 amide bonds. The molecule has 75 valence electrons. The molecule has 1 aromatic rings. The number of anilines is 1. The van der Waals surface area contributed by atoms with E-state index in [1.807, 2.05) is 0 Å². The lowest BCUT2D eigenvalue weighted by atomic mass is 10.3. The molecule has 6 heteroatoms. The van der Waals surface area contributed by atoms with Crippen LogP contribution in [0, 0.1) is 0 Å². The molecule has 1 aromatic carbocycles. The van der Waals surface area contributed by atoms with E-state index in [-0.39, 0.29) is 4.90 Å². The lowest BCUT2D eigenvalue weighted by Gasteiger charge is -2.16. The predicted octanol–water partition coefficient (Wildman–Crippen LogP) is 0.591. The minimum atomic E-state index is -3.44. The molecular formula is C9H7N3O2S+. The molecule has 1 radical (unpaired) electrons. The van der Waals surface area contributed by atoms with Crippen molar-refractivity contribution in [2.24, 2.45) is 4.99 Å². The lowest BCUT2D eigenvalue weighted by molar-refractivity contribution is 0.578. The summed E-state index contributed by atoms with van der Waals surface area (Å²) >= 11 is 0. The summed E-state index contributed by atoms with van der Waals surface area (Å²) in [5, 5.41) is 0. The highest BCUT2D eigenvalue weighted by molar-refractivity contribution is 7.89. The van der Waals surface area contributed by atoms with Crippen molar-refractivity contribution in [3.8, 4) is 0 Å². The summed E-state index contributed by atoms with van der Waals surface area (Å²) in [5.41, 5.74) is 0.628. The van der Waals surface area contributed by atoms with Gasteiger partial charge in [0.05, 0.1) is 0 Å². The van der Waals surface area contributed by atoms with Crippen LogP contribution in [0.3, 0.4) is 0 Å². The molecule has 0 aliphatic carbocycles. The zero-order valence-electron chi connectivity index (χ0n) is 7.58. The van der Waals surface area contributed by atoms with Crippen molar-refractivity contribution in [3.63, 3.8) is 0 Å². The molecule has 0 aromatic heterocycles. The van der Waals surface area contributed by atoms with Gasteiger partial charge in [0.1, 0.15) is 6.20 Å². The van der Waals surface area contributed by atoms with Gasteiger partial charge in [0.25, 0.3) is 22.2 Å². The van der Waals surface area contributed by atoms with Gasteiger partial charge in [-0.25, -0.2) is 13.1 Å². The number of fused-ring (bicyclic) bond motifs is 3. The highest BCUT2D eigenvalue weighted by Gasteiger charge is 2.41. The van der Waals surface area contributed by atoms with E-state index >= 15 is 0 Å². The van der Waals surface area contributed by atoms with Crippen molar-refractivity contribution in [2.45, 2.75) is 4.90 Å². The van der Waals surface area contributed by atoms with E-state index in [9.17, 15) is 8.42 Å². The first-order chi connectivity index (χ1) is 7.18. The molecule has 2 heterocycles. The van der Waals surface area contributed by atoms with Gasteiger partial charge < -0.3 is 0 Å². The maximum Gasteiger partial charge on any atom is 0.295 e. The fourth-order valence-electron chi connectivity index (χ4n) is 1.64. The molecule has 15 heavy (non-hydrogen) atoms. The first-order valence-corrected chi connectivity index (χ1v) is 5.81. The monoisotopic (exact) mass is 221 g/mol. The van der Waals surface area contributed by atoms with E-state index in [0.29, 0.717) is 11.5 Å². The van der Waals surface area contributed by atoms with Crippen LogP contribution in [0.4, 0.5) is 5.69 Å². The number of hydrogen-bond acceptors (Lipinski definition) is 4. The van der Waals surface area contributed by atoms with Gasteiger partial charge >= 0.3 is 0 Å². The number of nitrogens with one attached hydrogen (secondary N) is 1. The van der Waals surface area contributed by atoms with Crippen LogP contribution in [-0.2, 0) is 10.0 Å². The number of hydrogen-bond donors (Lipinski definition) is 1. The van der Waals surface area contributed by atoms with Crippen molar-refractivity contribution < 1.29 is 8.42 Å². The van der Waals surface area contributed by atoms with E-state index in [0.717, 1.165) is 0 Å². The molecule has 0 spiro atoms. The van der Waals surface area contributed by atoms with E-state index in [2.05, 4.69) is 9.71 Å². The molecule has 0 unspecified atom stereocenters. The molecule has 1 N–H and O–H groups in total. The average molecular weight is 221 g/mol. The number of nitrogens with zero attached hydrogens (tertiary/aromatic N) is 2. The van der Waals surface area contributed by atoms with Crippen LogP contribution in [0.5, 0.6) is 0 Å². The quantitative estimate of drug-likeness (QED) is 0.652. The summed E-state index contributed by atoms with van der Waals surface area (Å²) in [6, 6.07) is 6.81. The van der Waals surface area contributed by atoms with Gasteiger partial charge in [0.2, 0.25) is 5.69 Å². The maximum atomic E-state index is 11.8. The van der Waals surface area contributed by atoms with Crippen molar-refractivity contribution in [1.82, 2.24) is 9.62 Å². The van der Waals surface area contributed by atoms with Crippen molar-refractivity contribution >= 4 is 22.0 Å². The number of aliphatic imine (C=N–C) groups is 1. The van der Waals surface area contributed by atoms with Crippen molar-refractivity contribution in [2.75, 3.05) is 0 Å². The van der Waals surface area contributed by atoms with Gasteiger partial charge in [0.15, 0.2) is 4.90 Å². The van der Waals surface area contributed by atoms with Crippen molar-refractivity contribution in [1.29, 1.82) is 0 Å². The SMILES string of the molecule is O=S1(=O)NC2=CN=C[N+]2c2ccccc21. The fourth-order valence-corrected chi connectivity index (χ4v) is 2.87. The van der Waals surface area contributed by atoms with Gasteiger partial charge in [-0.15, -0.1) is 0 Å². The summed E-state index contributed by atoms with van der Waals surface area (Å²) in [6.45, 7) is 0. The third-order valence-corrected chi connectivity index (χ3v) is 3.69. The smallest absolute Gasteiger partial charge is 0.227 e. The Labute approximate surface area is 86.8 Å². The third kappa shape index (κ3) is 1.12. The van der Waals surface area contributed by atoms with Gasteiger partial charge in [-0.3, -0.25) is 0 Å².